The van der Waals surface area contributed by atoms with Crippen molar-refractivity contribution in [1.29, 1.82) is 0 Å². The Kier molecular flexibility index (Phi) is 4.93. The van der Waals surface area contributed by atoms with Crippen molar-refractivity contribution in [2.45, 2.75) is 6.92 Å². The third kappa shape index (κ3) is 3.63. The summed E-state index contributed by atoms with van der Waals surface area (Å²) in [4.78, 5) is 20.1. The number of methoxy groups -OCH3 is 1. The van der Waals surface area contributed by atoms with Gasteiger partial charge in [0.05, 0.1) is 7.11 Å². The predicted molar refractivity (Wildman–Crippen MR) is 119 cm³/mol. The van der Waals surface area contributed by atoms with Crippen LogP contribution in [0.1, 0.15) is 5.76 Å². The minimum atomic E-state index is -0.571. The Hall–Kier alpha value is -4.40. The van der Waals surface area contributed by atoms with Crippen molar-refractivity contribution < 1.29 is 28.8 Å². The number of fused-ring (bicyclic) bond motifs is 1. The number of aryl methyl sites for hydroxylation is 1. The largest absolute Gasteiger partial charge is 0.504 e. The van der Waals surface area contributed by atoms with Crippen molar-refractivity contribution in [1.82, 2.24) is 9.97 Å². The van der Waals surface area contributed by atoms with Crippen molar-refractivity contribution in [3.8, 4) is 62.8 Å². The van der Waals surface area contributed by atoms with Gasteiger partial charge in [0.25, 0.3) is 0 Å². The fourth-order valence-electron chi connectivity index (χ4n) is 3.67. The van der Waals surface area contributed by atoms with Crippen LogP contribution in [0.2, 0.25) is 0 Å². The first-order valence-electron chi connectivity index (χ1n) is 10.2. The lowest BCUT2D eigenvalue weighted by atomic mass is 10.1. The van der Waals surface area contributed by atoms with Gasteiger partial charge in [0, 0.05) is 17.2 Å². The smallest absolute Gasteiger partial charge is 0.227 e. The number of aromatic hydroxyl groups is 2. The second-order valence-corrected chi connectivity index (χ2v) is 7.45. The highest BCUT2D eigenvalue weighted by atomic mass is 16.6. The van der Waals surface area contributed by atoms with Gasteiger partial charge < -0.3 is 33.8 Å². The lowest BCUT2D eigenvalue weighted by Gasteiger charge is -2.18. The van der Waals surface area contributed by atoms with Gasteiger partial charge in [-0.2, -0.15) is 0 Å². The lowest BCUT2D eigenvalue weighted by molar-refractivity contribution is 0.171. The lowest BCUT2D eigenvalue weighted by Crippen LogP contribution is -2.15. The Morgan fingerprint density at radius 3 is 2.55 bits per heavy atom. The van der Waals surface area contributed by atoms with Crippen molar-refractivity contribution in [3.05, 3.63) is 58.4 Å². The van der Waals surface area contributed by atoms with Gasteiger partial charge in [0.15, 0.2) is 28.8 Å². The Bertz CT molecular complexity index is 1420. The summed E-state index contributed by atoms with van der Waals surface area (Å²) >= 11 is 0. The van der Waals surface area contributed by atoms with Gasteiger partial charge in [0.1, 0.15) is 36.2 Å². The average molecular weight is 448 g/mol. The van der Waals surface area contributed by atoms with Crippen molar-refractivity contribution >= 4 is 0 Å². The molecule has 4 aromatic rings. The topological polar surface area (TPSA) is 127 Å². The number of nitrogens with one attached hydrogen (secondary N) is 1. The minimum Gasteiger partial charge on any atom is -0.504 e. The predicted octanol–water partition coefficient (Wildman–Crippen LogP) is 3.86. The molecule has 0 amide bonds. The Morgan fingerprint density at radius 2 is 1.76 bits per heavy atom. The van der Waals surface area contributed by atoms with Gasteiger partial charge in [-0.1, -0.05) is 0 Å². The number of rotatable bonds is 4. The first kappa shape index (κ1) is 20.5. The molecule has 5 rings (SSSR count). The molecule has 0 unspecified atom stereocenters. The maximum absolute atomic E-state index is 12.2. The molecule has 0 spiro atoms. The number of aromatic nitrogens is 2. The van der Waals surface area contributed by atoms with Crippen LogP contribution in [0.5, 0.6) is 28.7 Å². The van der Waals surface area contributed by atoms with E-state index >= 15 is 0 Å². The summed E-state index contributed by atoms with van der Waals surface area (Å²) in [7, 11) is 1.44. The zero-order valence-electron chi connectivity index (χ0n) is 17.8. The fraction of sp³-hybridized carbons (Fsp3) is 0.167. The Balaban J connectivity index is 1.73. The molecule has 2 aromatic carbocycles. The summed E-state index contributed by atoms with van der Waals surface area (Å²) in [6.07, 6.45) is 0. The summed E-state index contributed by atoms with van der Waals surface area (Å²) in [6, 6.07) is 11.3. The van der Waals surface area contributed by atoms with E-state index in [9.17, 15) is 15.0 Å². The number of H-pyrrole nitrogens is 1. The molecule has 2 aromatic heterocycles. The first-order chi connectivity index (χ1) is 15.9. The maximum Gasteiger partial charge on any atom is 0.227 e. The van der Waals surface area contributed by atoms with Gasteiger partial charge in [-0.3, -0.25) is 4.79 Å². The second-order valence-electron chi connectivity index (χ2n) is 7.45. The van der Waals surface area contributed by atoms with Crippen molar-refractivity contribution in [3.63, 3.8) is 0 Å². The molecule has 0 atom stereocenters. The minimum absolute atomic E-state index is 0.0321. The van der Waals surface area contributed by atoms with E-state index in [1.165, 1.54) is 19.2 Å². The van der Waals surface area contributed by atoms with Gasteiger partial charge in [0.2, 0.25) is 11.2 Å². The molecule has 9 heteroatoms. The first-order valence-corrected chi connectivity index (χ1v) is 10.2. The standard InChI is InChI=1S/C24H20N2O7/c1-12-9-16(28)22(29)23(33-12)21-20(13-3-5-15(27)18(10-13)30-2)25-24(26-21)14-4-6-17-19(11-14)32-8-7-31-17/h3-6,9-11,27,29H,7-8H2,1-2H3,(H,25,26). The van der Waals surface area contributed by atoms with Crippen LogP contribution in [0.3, 0.4) is 0 Å². The number of nitrogens with zero attached hydrogens (tertiary/aromatic N) is 1. The van der Waals surface area contributed by atoms with Crippen LogP contribution in [-0.4, -0.2) is 40.5 Å². The molecule has 9 nitrogen and oxygen atoms in total. The van der Waals surface area contributed by atoms with Gasteiger partial charge in [-0.05, 0) is 43.3 Å². The monoisotopic (exact) mass is 448 g/mol. The van der Waals surface area contributed by atoms with E-state index in [0.29, 0.717) is 58.8 Å². The molecule has 33 heavy (non-hydrogen) atoms. The highest BCUT2D eigenvalue weighted by Crippen LogP contribution is 2.40. The number of hydrogen-bond donors (Lipinski definition) is 3. The van der Waals surface area contributed by atoms with Crippen LogP contribution >= 0.6 is 0 Å². The van der Waals surface area contributed by atoms with Crippen LogP contribution < -0.4 is 19.6 Å². The summed E-state index contributed by atoms with van der Waals surface area (Å²) in [5.74, 6) is 1.65. The van der Waals surface area contributed by atoms with E-state index in [1.807, 2.05) is 6.07 Å². The molecular formula is C24H20N2O7. The number of benzene rings is 2. The van der Waals surface area contributed by atoms with Crippen LogP contribution in [0.4, 0.5) is 0 Å². The normalized spacial score (nSPS) is 12.5. The molecule has 0 bridgehead atoms. The quantitative estimate of drug-likeness (QED) is 0.430. The number of imidazole rings is 1. The molecule has 1 aliphatic heterocycles. The third-order valence-electron chi connectivity index (χ3n) is 5.25. The molecule has 0 saturated carbocycles. The van der Waals surface area contributed by atoms with E-state index in [0.717, 1.165) is 0 Å². The van der Waals surface area contributed by atoms with Gasteiger partial charge in [-0.25, -0.2) is 4.98 Å². The second kappa shape index (κ2) is 7.94. The zero-order valence-corrected chi connectivity index (χ0v) is 17.8. The number of hydrogen-bond acceptors (Lipinski definition) is 8. The molecule has 0 saturated heterocycles. The van der Waals surface area contributed by atoms with Crippen LogP contribution in [0.25, 0.3) is 34.1 Å². The fourth-order valence-corrected chi connectivity index (χ4v) is 3.67. The number of aromatic amines is 1. The number of phenols is 1. The zero-order chi connectivity index (χ0) is 23.1. The summed E-state index contributed by atoms with van der Waals surface area (Å²) < 4.78 is 22.2. The number of ether oxygens (including phenoxy) is 3. The number of phenolic OH excluding ortho intramolecular Hbond substituents is 1. The summed E-state index contributed by atoms with van der Waals surface area (Å²) in [6.45, 7) is 2.54. The molecule has 0 radical (unpaired) electrons. The molecule has 168 valence electrons. The Labute approximate surface area is 187 Å². The van der Waals surface area contributed by atoms with E-state index in [1.54, 1.807) is 31.2 Å². The van der Waals surface area contributed by atoms with Crippen LogP contribution in [0, 0.1) is 6.92 Å². The molecule has 3 N–H and O–H groups in total. The van der Waals surface area contributed by atoms with Crippen LogP contribution in [0.15, 0.2) is 51.7 Å². The van der Waals surface area contributed by atoms with Crippen molar-refractivity contribution in [2.75, 3.05) is 20.3 Å². The van der Waals surface area contributed by atoms with E-state index in [2.05, 4.69) is 4.98 Å². The third-order valence-corrected chi connectivity index (χ3v) is 5.25. The maximum atomic E-state index is 12.2. The average Bonchev–Trinajstić information content (AvgIpc) is 3.26. The highest BCUT2D eigenvalue weighted by Gasteiger charge is 2.23. The molecule has 0 fully saturated rings. The van der Waals surface area contributed by atoms with E-state index in [4.69, 9.17) is 23.6 Å². The van der Waals surface area contributed by atoms with Gasteiger partial charge >= 0.3 is 0 Å². The van der Waals surface area contributed by atoms with E-state index in [-0.39, 0.29) is 17.3 Å². The molecule has 0 aliphatic carbocycles. The summed E-state index contributed by atoms with van der Waals surface area (Å²) in [5, 5.41) is 20.5. The summed E-state index contributed by atoms with van der Waals surface area (Å²) in [5.41, 5.74) is 1.39. The highest BCUT2D eigenvalue weighted by molar-refractivity contribution is 5.82. The molecule has 3 heterocycles. The van der Waals surface area contributed by atoms with Crippen molar-refractivity contribution in [2.24, 2.45) is 0 Å². The van der Waals surface area contributed by atoms with Gasteiger partial charge in [-0.15, -0.1) is 0 Å². The van der Waals surface area contributed by atoms with Crippen LogP contribution in [-0.2, 0) is 0 Å². The SMILES string of the molecule is COc1cc(-c2nc(-c3ccc4c(c3)OCCO4)[nH]c2-c2oc(C)cc(=O)c2O)ccc1O. The van der Waals surface area contributed by atoms with E-state index < -0.39 is 11.2 Å². The Morgan fingerprint density at radius 1 is 1.00 bits per heavy atom. The molecular weight excluding hydrogens is 428 g/mol. The molecule has 1 aliphatic rings.